The number of nitrogens with zero attached hydrogens (tertiary/aromatic N) is 1. The van der Waals surface area contributed by atoms with Crippen LogP contribution in [0.2, 0.25) is 0 Å². The number of primary sulfonamides is 1. The highest BCUT2D eigenvalue weighted by atomic mass is 32.2. The summed E-state index contributed by atoms with van der Waals surface area (Å²) in [5.74, 6) is -1.07. The number of fused-ring (bicyclic) bond motifs is 2. The monoisotopic (exact) mass is 377 g/mol. The van der Waals surface area contributed by atoms with Crippen molar-refractivity contribution < 1.29 is 26.4 Å². The molecule has 2 bridgehead atoms. The van der Waals surface area contributed by atoms with E-state index in [9.17, 15) is 26.4 Å². The lowest BCUT2D eigenvalue weighted by molar-refractivity contribution is -0.193. The van der Waals surface area contributed by atoms with E-state index in [0.29, 0.717) is 19.3 Å². The predicted octanol–water partition coefficient (Wildman–Crippen LogP) is 1.69. The number of nitrogens with one attached hydrogen (secondary N) is 1. The molecule has 3 rings (SSSR count). The molecule has 0 spiro atoms. The van der Waals surface area contributed by atoms with Gasteiger partial charge in [-0.2, -0.15) is 13.2 Å². The van der Waals surface area contributed by atoms with E-state index < -0.39 is 34.1 Å². The van der Waals surface area contributed by atoms with E-state index in [0.717, 1.165) is 0 Å². The Labute approximate surface area is 143 Å². The maximum atomic E-state index is 13.3. The average Bonchev–Trinajstić information content (AvgIpc) is 3.06. The maximum absolute atomic E-state index is 13.3. The van der Waals surface area contributed by atoms with E-state index in [4.69, 9.17) is 5.14 Å². The van der Waals surface area contributed by atoms with E-state index in [1.54, 1.807) is 0 Å². The molecule has 0 aromatic heterocycles. The smallest absolute Gasteiger partial charge is 0.325 e. The van der Waals surface area contributed by atoms with Crippen LogP contribution in [0.25, 0.3) is 0 Å². The highest BCUT2D eigenvalue weighted by Gasteiger charge is 2.57. The van der Waals surface area contributed by atoms with Gasteiger partial charge >= 0.3 is 6.18 Å². The number of alkyl halides is 3. The van der Waals surface area contributed by atoms with Crippen molar-refractivity contribution in [2.45, 2.75) is 42.4 Å². The third-order valence-corrected chi connectivity index (χ3v) is 5.74. The maximum Gasteiger partial charge on any atom is 0.404 e. The number of amides is 1. The number of likely N-dealkylation sites (tertiary alicyclic amines) is 1. The number of hydrogen-bond donors (Lipinski definition) is 2. The van der Waals surface area contributed by atoms with Crippen LogP contribution >= 0.6 is 0 Å². The number of benzene rings is 1. The number of sulfonamides is 1. The normalized spacial score (nSPS) is 26.8. The van der Waals surface area contributed by atoms with Crippen molar-refractivity contribution in [1.29, 1.82) is 0 Å². The largest absolute Gasteiger partial charge is 0.404 e. The molecular formula is C15H18F3N3O3S. The van der Waals surface area contributed by atoms with Gasteiger partial charge in [0, 0.05) is 11.7 Å². The first kappa shape index (κ1) is 18.2. The minimum Gasteiger partial charge on any atom is -0.325 e. The summed E-state index contributed by atoms with van der Waals surface area (Å²) < 4.78 is 62.5. The summed E-state index contributed by atoms with van der Waals surface area (Å²) in [6.45, 7) is -0.384. The lowest BCUT2D eigenvalue weighted by Gasteiger charge is -2.35. The molecule has 1 aliphatic heterocycles. The van der Waals surface area contributed by atoms with Gasteiger partial charge in [-0.15, -0.1) is 0 Å². The highest BCUT2D eigenvalue weighted by Crippen LogP contribution is 2.48. The number of anilines is 1. The summed E-state index contributed by atoms with van der Waals surface area (Å²) in [5, 5.41) is 7.47. The SMILES string of the molecule is NS(=O)(=O)c1cccc(NC(=O)CN2[C@@H]3CC[C@@H](C3)[C@H]2C(F)(F)F)c1. The fourth-order valence-corrected chi connectivity index (χ4v) is 4.44. The van der Waals surface area contributed by atoms with Crippen LogP contribution in [0.1, 0.15) is 19.3 Å². The first-order valence-corrected chi connectivity index (χ1v) is 9.35. The molecule has 1 saturated heterocycles. The molecule has 25 heavy (non-hydrogen) atoms. The van der Waals surface area contributed by atoms with E-state index in [1.165, 1.54) is 29.2 Å². The van der Waals surface area contributed by atoms with Gasteiger partial charge in [-0.3, -0.25) is 9.69 Å². The van der Waals surface area contributed by atoms with Gasteiger partial charge in [0.25, 0.3) is 0 Å². The number of rotatable bonds is 4. The van der Waals surface area contributed by atoms with Gasteiger partial charge in [0.1, 0.15) is 6.04 Å². The molecule has 1 aromatic carbocycles. The second-order valence-electron chi connectivity index (χ2n) is 6.51. The summed E-state index contributed by atoms with van der Waals surface area (Å²) in [7, 11) is -3.93. The molecule has 3 atom stereocenters. The Kier molecular flexibility index (Phi) is 4.54. The molecule has 1 amide bonds. The fourth-order valence-electron chi connectivity index (χ4n) is 3.88. The second kappa shape index (κ2) is 6.26. The Morgan fingerprint density at radius 2 is 2.04 bits per heavy atom. The minimum absolute atomic E-state index is 0.171. The van der Waals surface area contributed by atoms with Crippen molar-refractivity contribution in [3.8, 4) is 0 Å². The summed E-state index contributed by atoms with van der Waals surface area (Å²) in [4.78, 5) is 13.2. The van der Waals surface area contributed by atoms with Crippen LogP contribution < -0.4 is 10.5 Å². The number of carbonyl (C=O) groups is 1. The molecule has 1 heterocycles. The molecule has 1 aliphatic carbocycles. The second-order valence-corrected chi connectivity index (χ2v) is 8.07. The van der Waals surface area contributed by atoms with E-state index in [2.05, 4.69) is 5.32 Å². The molecule has 0 unspecified atom stereocenters. The number of nitrogens with two attached hydrogens (primary N) is 1. The van der Waals surface area contributed by atoms with Crippen LogP contribution in [0.3, 0.4) is 0 Å². The molecular weight excluding hydrogens is 359 g/mol. The summed E-state index contributed by atoms with van der Waals surface area (Å²) in [6, 6.07) is 3.45. The van der Waals surface area contributed by atoms with Crippen molar-refractivity contribution in [3.63, 3.8) is 0 Å². The third kappa shape index (κ3) is 3.80. The lowest BCUT2D eigenvalue weighted by atomic mass is 9.98. The van der Waals surface area contributed by atoms with Crippen LogP contribution in [-0.2, 0) is 14.8 Å². The van der Waals surface area contributed by atoms with Crippen LogP contribution in [0, 0.1) is 5.92 Å². The van der Waals surface area contributed by atoms with Gasteiger partial charge < -0.3 is 5.32 Å². The van der Waals surface area contributed by atoms with Crippen molar-refractivity contribution in [1.82, 2.24) is 4.90 Å². The summed E-state index contributed by atoms with van der Waals surface area (Å²) in [5.41, 5.74) is 0.171. The predicted molar refractivity (Wildman–Crippen MR) is 84.1 cm³/mol. The number of piperidine rings is 1. The van der Waals surface area contributed by atoms with Gasteiger partial charge in [-0.1, -0.05) is 6.07 Å². The molecule has 2 aliphatic rings. The van der Waals surface area contributed by atoms with Gasteiger partial charge in [-0.05, 0) is 43.4 Å². The van der Waals surface area contributed by atoms with Crippen LogP contribution in [-0.4, -0.2) is 44.0 Å². The van der Waals surface area contributed by atoms with Crippen molar-refractivity contribution in [2.75, 3.05) is 11.9 Å². The topological polar surface area (TPSA) is 92.5 Å². The van der Waals surface area contributed by atoms with Gasteiger partial charge in [0.05, 0.1) is 11.4 Å². The van der Waals surface area contributed by atoms with Gasteiger partial charge in [-0.25, -0.2) is 13.6 Å². The zero-order valence-corrected chi connectivity index (χ0v) is 14.0. The van der Waals surface area contributed by atoms with Crippen molar-refractivity contribution in [2.24, 2.45) is 11.1 Å². The van der Waals surface area contributed by atoms with Crippen molar-refractivity contribution >= 4 is 21.6 Å². The Morgan fingerprint density at radius 3 is 2.68 bits per heavy atom. The van der Waals surface area contributed by atoms with Crippen LogP contribution in [0.15, 0.2) is 29.2 Å². The molecule has 6 nitrogen and oxygen atoms in total. The van der Waals surface area contributed by atoms with Crippen LogP contribution in [0.5, 0.6) is 0 Å². The van der Waals surface area contributed by atoms with Crippen molar-refractivity contribution in [3.05, 3.63) is 24.3 Å². The zero-order valence-electron chi connectivity index (χ0n) is 13.2. The zero-order chi connectivity index (χ0) is 18.4. The summed E-state index contributed by atoms with van der Waals surface area (Å²) >= 11 is 0. The standard InChI is InChI=1S/C15H18F3N3O3S/c16-15(17,18)14-9-4-5-11(6-9)21(14)8-13(22)20-10-2-1-3-12(7-10)25(19,23)24/h1-3,7,9,11,14H,4-6,8H2,(H,20,22)(H2,19,23,24)/t9-,11+,14-/m0/s1. The lowest BCUT2D eigenvalue weighted by Crippen LogP contribution is -2.52. The Balaban J connectivity index is 1.71. The quantitative estimate of drug-likeness (QED) is 0.835. The first-order valence-electron chi connectivity index (χ1n) is 7.81. The van der Waals surface area contributed by atoms with E-state index >= 15 is 0 Å². The Hall–Kier alpha value is -1.65. The van der Waals surface area contributed by atoms with Gasteiger partial charge in [0.2, 0.25) is 15.9 Å². The van der Waals surface area contributed by atoms with Gasteiger partial charge in [0.15, 0.2) is 0 Å². The van der Waals surface area contributed by atoms with E-state index in [1.807, 2.05) is 0 Å². The summed E-state index contributed by atoms with van der Waals surface area (Å²) in [6.07, 6.45) is -2.72. The average molecular weight is 377 g/mol. The fraction of sp³-hybridized carbons (Fsp3) is 0.533. The number of halogens is 3. The molecule has 2 fully saturated rings. The molecule has 10 heteroatoms. The Morgan fingerprint density at radius 1 is 1.32 bits per heavy atom. The van der Waals surface area contributed by atoms with Crippen LogP contribution in [0.4, 0.5) is 18.9 Å². The first-order chi connectivity index (χ1) is 11.6. The molecule has 3 N–H and O–H groups in total. The van der Waals surface area contributed by atoms with E-state index in [-0.39, 0.29) is 23.2 Å². The third-order valence-electron chi connectivity index (χ3n) is 4.83. The number of carbonyl (C=O) groups excluding carboxylic acids is 1. The Bertz CT molecular complexity index is 782. The molecule has 1 saturated carbocycles. The minimum atomic E-state index is -4.37. The number of hydrogen-bond acceptors (Lipinski definition) is 4. The molecule has 138 valence electrons. The highest BCUT2D eigenvalue weighted by molar-refractivity contribution is 7.89. The molecule has 0 radical (unpaired) electrons. The molecule has 1 aromatic rings.